The van der Waals surface area contributed by atoms with Crippen molar-refractivity contribution in [2.75, 3.05) is 19.6 Å². The van der Waals surface area contributed by atoms with E-state index in [-0.39, 0.29) is 24.0 Å². The van der Waals surface area contributed by atoms with E-state index in [1.807, 2.05) is 11.6 Å². The average Bonchev–Trinajstić information content (AvgIpc) is 3.10. The Bertz CT molecular complexity index is 714. The maximum Gasteiger partial charge on any atom is 0.194 e. The molecule has 1 fully saturated rings. The van der Waals surface area contributed by atoms with E-state index in [1.54, 1.807) is 6.33 Å². The highest BCUT2D eigenvalue weighted by Gasteiger charge is 2.30. The summed E-state index contributed by atoms with van der Waals surface area (Å²) < 4.78 is 1.92. The van der Waals surface area contributed by atoms with Gasteiger partial charge in [-0.25, -0.2) is 4.99 Å². The van der Waals surface area contributed by atoms with Crippen molar-refractivity contribution in [2.45, 2.75) is 39.2 Å². The number of aryl methyl sites for hydroxylation is 1. The molecular weight excluding hydrogens is 451 g/mol. The Morgan fingerprint density at radius 2 is 2.04 bits per heavy atom. The standard InChI is InChI=1S/C20H30N6.HI/c1-4-16-14-26(12-11-18(16)17-9-7-6-8-10-17)20(21-5-2)22-13-19-24-23-15-25(19)3;/h6-10,15-16,18H,4-5,11-14H2,1-3H3,(H,21,22);1H. The molecule has 1 N–H and O–H groups in total. The maximum absolute atomic E-state index is 4.82. The zero-order valence-electron chi connectivity index (χ0n) is 16.5. The minimum Gasteiger partial charge on any atom is -0.357 e. The SMILES string of the molecule is CCNC(=NCc1nncn1C)N1CCC(c2ccccc2)C(CC)C1.I. The van der Waals surface area contributed by atoms with Crippen LogP contribution in [0.5, 0.6) is 0 Å². The highest BCUT2D eigenvalue weighted by Crippen LogP contribution is 2.34. The molecule has 1 aliphatic rings. The molecule has 3 rings (SSSR count). The Morgan fingerprint density at radius 3 is 2.67 bits per heavy atom. The molecule has 2 unspecified atom stereocenters. The zero-order chi connectivity index (χ0) is 18.4. The fourth-order valence-electron chi connectivity index (χ4n) is 3.80. The number of halogens is 1. The van der Waals surface area contributed by atoms with Gasteiger partial charge in [0, 0.05) is 26.7 Å². The van der Waals surface area contributed by atoms with E-state index in [4.69, 9.17) is 4.99 Å². The van der Waals surface area contributed by atoms with Gasteiger partial charge in [-0.1, -0.05) is 43.7 Å². The van der Waals surface area contributed by atoms with Crippen LogP contribution in [-0.2, 0) is 13.6 Å². The smallest absolute Gasteiger partial charge is 0.194 e. The number of guanidine groups is 1. The summed E-state index contributed by atoms with van der Waals surface area (Å²) in [4.78, 5) is 7.23. The van der Waals surface area contributed by atoms with Crippen LogP contribution in [0, 0.1) is 5.92 Å². The van der Waals surface area contributed by atoms with E-state index in [2.05, 4.69) is 64.6 Å². The topological polar surface area (TPSA) is 58.3 Å². The molecule has 1 aliphatic heterocycles. The molecule has 1 aromatic heterocycles. The van der Waals surface area contributed by atoms with Gasteiger partial charge >= 0.3 is 0 Å². The zero-order valence-corrected chi connectivity index (χ0v) is 18.8. The van der Waals surface area contributed by atoms with Gasteiger partial charge in [-0.3, -0.25) is 0 Å². The maximum atomic E-state index is 4.82. The van der Waals surface area contributed by atoms with Crippen molar-refractivity contribution in [3.8, 4) is 0 Å². The van der Waals surface area contributed by atoms with Crippen LogP contribution >= 0.6 is 24.0 Å². The number of aromatic nitrogens is 3. The predicted molar refractivity (Wildman–Crippen MR) is 120 cm³/mol. The van der Waals surface area contributed by atoms with Gasteiger partial charge in [0.25, 0.3) is 0 Å². The second kappa shape index (κ2) is 10.6. The number of nitrogens with one attached hydrogen (secondary N) is 1. The number of hydrogen-bond acceptors (Lipinski definition) is 3. The Hall–Kier alpha value is -1.64. The van der Waals surface area contributed by atoms with Crippen LogP contribution < -0.4 is 5.32 Å². The first kappa shape index (κ1) is 21.7. The molecule has 1 aromatic carbocycles. The fraction of sp³-hybridized carbons (Fsp3) is 0.550. The number of hydrogen-bond donors (Lipinski definition) is 1. The molecule has 0 amide bonds. The first-order chi connectivity index (χ1) is 12.7. The molecule has 6 nitrogen and oxygen atoms in total. The molecule has 7 heteroatoms. The lowest BCUT2D eigenvalue weighted by Crippen LogP contribution is -2.48. The van der Waals surface area contributed by atoms with Crippen LogP contribution in [0.4, 0.5) is 0 Å². The number of nitrogens with zero attached hydrogens (tertiary/aromatic N) is 5. The molecule has 27 heavy (non-hydrogen) atoms. The summed E-state index contributed by atoms with van der Waals surface area (Å²) >= 11 is 0. The third-order valence-corrected chi connectivity index (χ3v) is 5.30. The van der Waals surface area contributed by atoms with E-state index in [0.717, 1.165) is 37.8 Å². The molecule has 1 saturated heterocycles. The molecule has 148 valence electrons. The molecule has 0 saturated carbocycles. The molecule has 0 bridgehead atoms. The number of aliphatic imine (C=N–C) groups is 1. The summed E-state index contributed by atoms with van der Waals surface area (Å²) in [6, 6.07) is 11.0. The summed E-state index contributed by atoms with van der Waals surface area (Å²) in [5.41, 5.74) is 1.47. The quantitative estimate of drug-likeness (QED) is 0.403. The normalized spacial score (nSPS) is 20.3. The van der Waals surface area contributed by atoms with Crippen molar-refractivity contribution in [1.82, 2.24) is 25.0 Å². The van der Waals surface area contributed by atoms with Crippen LogP contribution in [0.15, 0.2) is 41.7 Å². The minimum absolute atomic E-state index is 0. The summed E-state index contributed by atoms with van der Waals surface area (Å²) in [5.74, 6) is 3.15. The van der Waals surface area contributed by atoms with Crippen molar-refractivity contribution in [3.63, 3.8) is 0 Å². The number of rotatable bonds is 5. The van der Waals surface area contributed by atoms with E-state index in [1.165, 1.54) is 12.0 Å². The second-order valence-corrected chi connectivity index (χ2v) is 6.95. The summed E-state index contributed by atoms with van der Waals surface area (Å²) in [6.07, 6.45) is 4.06. The summed E-state index contributed by atoms with van der Waals surface area (Å²) in [7, 11) is 1.95. The van der Waals surface area contributed by atoms with Gasteiger partial charge < -0.3 is 14.8 Å². The summed E-state index contributed by atoms with van der Waals surface area (Å²) in [6.45, 7) is 7.91. The van der Waals surface area contributed by atoms with Crippen molar-refractivity contribution >= 4 is 29.9 Å². The van der Waals surface area contributed by atoms with E-state index < -0.39 is 0 Å². The van der Waals surface area contributed by atoms with Crippen LogP contribution in [0.25, 0.3) is 0 Å². The highest BCUT2D eigenvalue weighted by molar-refractivity contribution is 14.0. The molecule has 0 aliphatic carbocycles. The van der Waals surface area contributed by atoms with Gasteiger partial charge in [0.15, 0.2) is 11.8 Å². The van der Waals surface area contributed by atoms with Crippen LogP contribution in [0.2, 0.25) is 0 Å². The largest absolute Gasteiger partial charge is 0.357 e. The van der Waals surface area contributed by atoms with Crippen LogP contribution in [-0.4, -0.2) is 45.3 Å². The number of piperidine rings is 1. The van der Waals surface area contributed by atoms with Gasteiger partial charge in [0.1, 0.15) is 12.9 Å². The van der Waals surface area contributed by atoms with E-state index in [0.29, 0.717) is 18.4 Å². The van der Waals surface area contributed by atoms with Gasteiger partial charge in [-0.05, 0) is 30.7 Å². The van der Waals surface area contributed by atoms with E-state index >= 15 is 0 Å². The number of benzene rings is 1. The molecular formula is C20H31IN6. The molecule has 0 radical (unpaired) electrons. The van der Waals surface area contributed by atoms with Crippen LogP contribution in [0.3, 0.4) is 0 Å². The van der Waals surface area contributed by atoms with Crippen molar-refractivity contribution < 1.29 is 0 Å². The average molecular weight is 482 g/mol. The van der Waals surface area contributed by atoms with Crippen molar-refractivity contribution in [3.05, 3.63) is 48.0 Å². The molecule has 2 atom stereocenters. The Morgan fingerprint density at radius 1 is 1.26 bits per heavy atom. The second-order valence-electron chi connectivity index (χ2n) is 6.95. The Balaban J connectivity index is 0.00000261. The third-order valence-electron chi connectivity index (χ3n) is 5.30. The lowest BCUT2D eigenvalue weighted by atomic mass is 9.79. The lowest BCUT2D eigenvalue weighted by Gasteiger charge is -2.40. The predicted octanol–water partition coefficient (Wildman–Crippen LogP) is 3.41. The minimum atomic E-state index is 0. The van der Waals surface area contributed by atoms with Gasteiger partial charge in [-0.15, -0.1) is 34.2 Å². The Labute approximate surface area is 179 Å². The molecule has 2 heterocycles. The first-order valence-corrected chi connectivity index (χ1v) is 9.64. The summed E-state index contributed by atoms with van der Waals surface area (Å²) in [5, 5.41) is 11.5. The van der Waals surface area contributed by atoms with Crippen LogP contribution in [0.1, 0.15) is 44.0 Å². The van der Waals surface area contributed by atoms with E-state index in [9.17, 15) is 0 Å². The van der Waals surface area contributed by atoms with Crippen molar-refractivity contribution in [1.29, 1.82) is 0 Å². The molecule has 2 aromatic rings. The lowest BCUT2D eigenvalue weighted by molar-refractivity contribution is 0.215. The van der Waals surface area contributed by atoms with Gasteiger partial charge in [-0.2, -0.15) is 0 Å². The van der Waals surface area contributed by atoms with Gasteiger partial charge in [0.05, 0.1) is 0 Å². The third kappa shape index (κ3) is 5.43. The Kier molecular flexibility index (Phi) is 8.53. The first-order valence-electron chi connectivity index (χ1n) is 9.64. The fourth-order valence-corrected chi connectivity index (χ4v) is 3.80. The number of likely N-dealkylation sites (tertiary alicyclic amines) is 1. The highest BCUT2D eigenvalue weighted by atomic mass is 127. The van der Waals surface area contributed by atoms with Gasteiger partial charge in [0.2, 0.25) is 0 Å². The molecule has 0 spiro atoms. The monoisotopic (exact) mass is 482 g/mol. The van der Waals surface area contributed by atoms with Crippen molar-refractivity contribution in [2.24, 2.45) is 18.0 Å².